The Kier molecular flexibility index (Phi) is 3.46. The molecule has 0 fully saturated rings. The van der Waals surface area contributed by atoms with E-state index in [4.69, 9.17) is 5.73 Å². The molecule has 0 aliphatic carbocycles. The van der Waals surface area contributed by atoms with Crippen molar-refractivity contribution in [2.75, 3.05) is 5.73 Å². The fourth-order valence-electron chi connectivity index (χ4n) is 2.87. The molecule has 7 heteroatoms. The van der Waals surface area contributed by atoms with Crippen LogP contribution in [-0.2, 0) is 6.54 Å². The van der Waals surface area contributed by atoms with E-state index < -0.39 is 5.91 Å². The topological polar surface area (TPSA) is 98.7 Å². The van der Waals surface area contributed by atoms with Gasteiger partial charge >= 0.3 is 5.69 Å². The zero-order valence-corrected chi connectivity index (χ0v) is 13.2. The minimum Gasteiger partial charge on any atom is -0.369 e. The van der Waals surface area contributed by atoms with Crippen molar-refractivity contribution in [3.8, 4) is 0 Å². The summed E-state index contributed by atoms with van der Waals surface area (Å²) < 4.78 is 2.71. The standard InChI is InChI=1S/C18H15N5O2/c19-17-21-13-8-4-5-9-14(13)23(17)16(24)15-10-20-18(25)22(15)11-12-6-2-1-3-7-12/h1-10H,11H2,(H2,19,21)(H,20,25). The van der Waals surface area contributed by atoms with Gasteiger partial charge in [0.2, 0.25) is 5.95 Å². The predicted molar refractivity (Wildman–Crippen MR) is 94.5 cm³/mol. The van der Waals surface area contributed by atoms with E-state index in [-0.39, 0.29) is 23.9 Å². The van der Waals surface area contributed by atoms with Gasteiger partial charge < -0.3 is 10.7 Å². The van der Waals surface area contributed by atoms with Crippen LogP contribution in [0.3, 0.4) is 0 Å². The summed E-state index contributed by atoms with van der Waals surface area (Å²) in [5.74, 6) is -0.313. The molecule has 0 saturated heterocycles. The molecule has 3 N–H and O–H groups in total. The smallest absolute Gasteiger partial charge is 0.326 e. The molecule has 4 rings (SSSR count). The molecular weight excluding hydrogens is 318 g/mol. The van der Waals surface area contributed by atoms with Crippen LogP contribution in [0.2, 0.25) is 0 Å². The first-order valence-electron chi connectivity index (χ1n) is 7.75. The number of para-hydroxylation sites is 2. The highest BCUT2D eigenvalue weighted by Gasteiger charge is 2.21. The lowest BCUT2D eigenvalue weighted by molar-refractivity contribution is 0.0958. The number of nitrogen functional groups attached to an aromatic ring is 1. The Morgan fingerprint density at radius 2 is 1.80 bits per heavy atom. The van der Waals surface area contributed by atoms with Gasteiger partial charge in [-0.3, -0.25) is 9.36 Å². The van der Waals surface area contributed by atoms with E-state index in [9.17, 15) is 9.59 Å². The van der Waals surface area contributed by atoms with Crippen LogP contribution in [0.15, 0.2) is 65.6 Å². The maximum Gasteiger partial charge on any atom is 0.326 e. The summed E-state index contributed by atoms with van der Waals surface area (Å²) >= 11 is 0. The molecule has 0 atom stereocenters. The molecule has 2 heterocycles. The van der Waals surface area contributed by atoms with Gasteiger partial charge in [0.1, 0.15) is 5.69 Å². The number of fused-ring (bicyclic) bond motifs is 1. The van der Waals surface area contributed by atoms with Gasteiger partial charge in [-0.05, 0) is 17.7 Å². The minimum atomic E-state index is -0.402. The van der Waals surface area contributed by atoms with Crippen molar-refractivity contribution in [3.63, 3.8) is 0 Å². The van der Waals surface area contributed by atoms with Gasteiger partial charge in [-0.15, -0.1) is 0 Å². The van der Waals surface area contributed by atoms with Gasteiger partial charge in [0.15, 0.2) is 0 Å². The number of aromatic amines is 1. The SMILES string of the molecule is Nc1nc2ccccc2n1C(=O)c1c[nH]c(=O)n1Cc1ccccc1. The van der Waals surface area contributed by atoms with Crippen LogP contribution in [0.25, 0.3) is 11.0 Å². The molecule has 0 aliphatic rings. The zero-order valence-electron chi connectivity index (χ0n) is 13.2. The number of hydrogen-bond donors (Lipinski definition) is 2. The largest absolute Gasteiger partial charge is 0.369 e. The number of H-pyrrole nitrogens is 1. The van der Waals surface area contributed by atoms with Crippen molar-refractivity contribution in [1.82, 2.24) is 19.1 Å². The molecule has 0 bridgehead atoms. The third-order valence-corrected chi connectivity index (χ3v) is 4.06. The Hall–Kier alpha value is -3.61. The van der Waals surface area contributed by atoms with Gasteiger partial charge in [-0.25, -0.2) is 14.3 Å². The van der Waals surface area contributed by atoms with E-state index in [0.29, 0.717) is 11.0 Å². The lowest BCUT2D eigenvalue weighted by atomic mass is 10.2. The first-order chi connectivity index (χ1) is 12.1. The maximum absolute atomic E-state index is 13.0. The number of anilines is 1. The number of aromatic nitrogens is 4. The van der Waals surface area contributed by atoms with Crippen LogP contribution in [0.4, 0.5) is 5.95 Å². The zero-order chi connectivity index (χ0) is 17.4. The summed E-state index contributed by atoms with van der Waals surface area (Å²) in [6.45, 7) is 0.288. The summed E-state index contributed by atoms with van der Waals surface area (Å²) in [6.07, 6.45) is 1.40. The average Bonchev–Trinajstić information content (AvgIpc) is 3.15. The van der Waals surface area contributed by atoms with Crippen LogP contribution in [-0.4, -0.2) is 25.0 Å². The molecule has 0 aliphatic heterocycles. The summed E-state index contributed by atoms with van der Waals surface area (Å²) in [5, 5.41) is 0. The van der Waals surface area contributed by atoms with Gasteiger partial charge in [0.25, 0.3) is 5.91 Å². The van der Waals surface area contributed by atoms with Crippen molar-refractivity contribution in [2.24, 2.45) is 0 Å². The van der Waals surface area contributed by atoms with Crippen molar-refractivity contribution in [2.45, 2.75) is 6.54 Å². The summed E-state index contributed by atoms with van der Waals surface area (Å²) in [6, 6.07) is 16.6. The second kappa shape index (κ2) is 5.79. The van der Waals surface area contributed by atoms with E-state index >= 15 is 0 Å². The predicted octanol–water partition coefficient (Wildman–Crippen LogP) is 1.85. The Morgan fingerprint density at radius 3 is 2.60 bits per heavy atom. The molecular formula is C18H15N5O2. The number of rotatable bonds is 3. The van der Waals surface area contributed by atoms with Crippen molar-refractivity contribution in [1.29, 1.82) is 0 Å². The number of imidazole rings is 2. The Bertz CT molecular complexity index is 1120. The fourth-order valence-corrected chi connectivity index (χ4v) is 2.87. The van der Waals surface area contributed by atoms with Gasteiger partial charge in [0, 0.05) is 6.20 Å². The highest BCUT2D eigenvalue weighted by atomic mass is 16.2. The molecule has 0 radical (unpaired) electrons. The Labute approximate surface area is 142 Å². The Morgan fingerprint density at radius 1 is 1.08 bits per heavy atom. The molecule has 2 aromatic heterocycles. The van der Waals surface area contributed by atoms with Crippen molar-refractivity contribution < 1.29 is 4.79 Å². The van der Waals surface area contributed by atoms with Crippen LogP contribution in [0.5, 0.6) is 0 Å². The first kappa shape index (κ1) is 14.9. The number of hydrogen-bond acceptors (Lipinski definition) is 4. The van der Waals surface area contributed by atoms with Gasteiger partial charge in [-0.2, -0.15) is 0 Å². The van der Waals surface area contributed by atoms with E-state index in [2.05, 4.69) is 9.97 Å². The van der Waals surface area contributed by atoms with Crippen LogP contribution in [0.1, 0.15) is 16.1 Å². The lowest BCUT2D eigenvalue weighted by Crippen LogP contribution is -2.25. The maximum atomic E-state index is 13.0. The van der Waals surface area contributed by atoms with Crippen molar-refractivity contribution in [3.05, 3.63) is 82.5 Å². The van der Waals surface area contributed by atoms with Crippen LogP contribution < -0.4 is 11.4 Å². The van der Waals surface area contributed by atoms with E-state index in [1.807, 2.05) is 36.4 Å². The fraction of sp³-hybridized carbons (Fsp3) is 0.0556. The number of benzene rings is 2. The molecule has 124 valence electrons. The third kappa shape index (κ3) is 2.51. The molecule has 2 aromatic carbocycles. The minimum absolute atomic E-state index is 0.0890. The van der Waals surface area contributed by atoms with Crippen molar-refractivity contribution >= 4 is 22.9 Å². The molecule has 0 unspecified atom stereocenters. The van der Waals surface area contributed by atoms with Crippen LogP contribution >= 0.6 is 0 Å². The number of nitrogens with one attached hydrogen (secondary N) is 1. The third-order valence-electron chi connectivity index (χ3n) is 4.06. The molecule has 0 spiro atoms. The lowest BCUT2D eigenvalue weighted by Gasteiger charge is -2.08. The number of nitrogens with zero attached hydrogens (tertiary/aromatic N) is 3. The quantitative estimate of drug-likeness (QED) is 0.597. The average molecular weight is 333 g/mol. The van der Waals surface area contributed by atoms with E-state index in [1.54, 1.807) is 18.2 Å². The molecule has 4 aromatic rings. The second-order valence-corrected chi connectivity index (χ2v) is 5.65. The summed E-state index contributed by atoms with van der Waals surface area (Å²) in [5.41, 5.74) is 7.95. The highest BCUT2D eigenvalue weighted by Crippen LogP contribution is 2.19. The molecule has 7 nitrogen and oxygen atoms in total. The highest BCUT2D eigenvalue weighted by molar-refractivity contribution is 6.02. The van der Waals surface area contributed by atoms with E-state index in [1.165, 1.54) is 15.3 Å². The first-order valence-corrected chi connectivity index (χ1v) is 7.75. The monoisotopic (exact) mass is 333 g/mol. The molecule has 25 heavy (non-hydrogen) atoms. The summed E-state index contributed by atoms with van der Waals surface area (Å²) in [7, 11) is 0. The number of nitrogens with two attached hydrogens (primary N) is 1. The second-order valence-electron chi connectivity index (χ2n) is 5.65. The van der Waals surface area contributed by atoms with Gasteiger partial charge in [0.05, 0.1) is 17.6 Å². The number of carbonyl (C=O) groups excluding carboxylic acids is 1. The normalized spacial score (nSPS) is 11.0. The molecule has 0 amide bonds. The van der Waals surface area contributed by atoms with Gasteiger partial charge in [-0.1, -0.05) is 42.5 Å². The number of carbonyl (C=O) groups is 1. The van der Waals surface area contributed by atoms with E-state index in [0.717, 1.165) is 5.56 Å². The molecule has 0 saturated carbocycles. The van der Waals surface area contributed by atoms with Crippen LogP contribution in [0, 0.1) is 0 Å². The summed E-state index contributed by atoms with van der Waals surface area (Å²) in [4.78, 5) is 32.0. The Balaban J connectivity index is 1.81.